The number of nitrogens with one attached hydrogen (secondary N) is 1. The third kappa shape index (κ3) is 4.09. The molecule has 3 heterocycles. The Hall–Kier alpha value is -2.11. The SMILES string of the molecule is C[C@@H](NC(=O)c1ccc(N2CCCCC2)nc1)C(=O)N1CCC2(CC1)CC2. The molecule has 0 radical (unpaired) electrons. The zero-order valence-corrected chi connectivity index (χ0v) is 16.2. The first-order valence-corrected chi connectivity index (χ1v) is 10.4. The molecule has 2 amide bonds. The minimum absolute atomic E-state index is 0.0248. The minimum Gasteiger partial charge on any atom is -0.357 e. The van der Waals surface area contributed by atoms with E-state index in [9.17, 15) is 9.59 Å². The maximum atomic E-state index is 12.6. The number of anilines is 1. The Bertz CT molecular complexity index is 683. The van der Waals surface area contributed by atoms with Crippen molar-refractivity contribution in [3.05, 3.63) is 23.9 Å². The second-order valence-corrected chi connectivity index (χ2v) is 8.47. The van der Waals surface area contributed by atoms with Crippen molar-refractivity contribution in [1.82, 2.24) is 15.2 Å². The molecule has 1 atom stereocenters. The van der Waals surface area contributed by atoms with Crippen LogP contribution in [0.5, 0.6) is 0 Å². The molecule has 0 unspecified atom stereocenters. The van der Waals surface area contributed by atoms with Crippen LogP contribution in [0.25, 0.3) is 0 Å². The molecular formula is C21H30N4O2. The Morgan fingerprint density at radius 1 is 1.04 bits per heavy atom. The zero-order valence-electron chi connectivity index (χ0n) is 16.2. The number of carbonyl (C=O) groups excluding carboxylic acids is 2. The van der Waals surface area contributed by atoms with Gasteiger partial charge in [-0.3, -0.25) is 9.59 Å². The highest BCUT2D eigenvalue weighted by Gasteiger charge is 2.45. The van der Waals surface area contributed by atoms with Crippen molar-refractivity contribution >= 4 is 17.6 Å². The van der Waals surface area contributed by atoms with Gasteiger partial charge in [-0.1, -0.05) is 0 Å². The smallest absolute Gasteiger partial charge is 0.253 e. The normalized spacial score (nSPS) is 22.4. The molecule has 0 aromatic carbocycles. The Balaban J connectivity index is 1.30. The summed E-state index contributed by atoms with van der Waals surface area (Å²) in [4.78, 5) is 33.8. The van der Waals surface area contributed by atoms with Gasteiger partial charge >= 0.3 is 0 Å². The lowest BCUT2D eigenvalue weighted by Crippen LogP contribution is -2.49. The topological polar surface area (TPSA) is 65.5 Å². The summed E-state index contributed by atoms with van der Waals surface area (Å²) in [5, 5.41) is 2.84. The molecule has 27 heavy (non-hydrogen) atoms. The number of hydrogen-bond acceptors (Lipinski definition) is 4. The first-order chi connectivity index (χ1) is 13.1. The number of pyridine rings is 1. The van der Waals surface area contributed by atoms with Crippen LogP contribution < -0.4 is 10.2 Å². The number of aromatic nitrogens is 1. The Kier molecular flexibility index (Phi) is 5.06. The van der Waals surface area contributed by atoms with Crippen LogP contribution in [-0.4, -0.2) is 53.9 Å². The van der Waals surface area contributed by atoms with Crippen molar-refractivity contribution in [2.45, 2.75) is 57.9 Å². The minimum atomic E-state index is -0.507. The van der Waals surface area contributed by atoms with Gasteiger partial charge in [-0.25, -0.2) is 4.98 Å². The van der Waals surface area contributed by atoms with E-state index in [1.54, 1.807) is 19.2 Å². The Morgan fingerprint density at radius 3 is 2.33 bits per heavy atom. The van der Waals surface area contributed by atoms with Crippen LogP contribution >= 0.6 is 0 Å². The summed E-state index contributed by atoms with van der Waals surface area (Å²) in [5.41, 5.74) is 1.05. The summed E-state index contributed by atoms with van der Waals surface area (Å²) < 4.78 is 0. The van der Waals surface area contributed by atoms with E-state index in [0.717, 1.165) is 44.8 Å². The molecule has 1 aromatic rings. The summed E-state index contributed by atoms with van der Waals surface area (Å²) >= 11 is 0. The molecule has 3 aliphatic rings. The second kappa shape index (κ2) is 7.49. The highest BCUT2D eigenvalue weighted by Crippen LogP contribution is 2.53. The van der Waals surface area contributed by atoms with Crippen LogP contribution in [0, 0.1) is 5.41 Å². The van der Waals surface area contributed by atoms with Crippen LogP contribution in [0.3, 0.4) is 0 Å². The summed E-state index contributed by atoms with van der Waals surface area (Å²) in [6.07, 6.45) is 10.2. The molecule has 1 spiro atoms. The van der Waals surface area contributed by atoms with Gasteiger partial charge in [0.2, 0.25) is 5.91 Å². The molecule has 1 saturated carbocycles. The fourth-order valence-corrected chi connectivity index (χ4v) is 4.32. The van der Waals surface area contributed by atoms with E-state index >= 15 is 0 Å². The molecule has 0 bridgehead atoms. The van der Waals surface area contributed by atoms with Gasteiger partial charge in [0.25, 0.3) is 5.91 Å². The molecule has 3 fully saturated rings. The monoisotopic (exact) mass is 370 g/mol. The van der Waals surface area contributed by atoms with Crippen LogP contribution in [0.4, 0.5) is 5.82 Å². The number of nitrogens with zero attached hydrogens (tertiary/aromatic N) is 3. The third-order valence-electron chi connectivity index (χ3n) is 6.50. The lowest BCUT2D eigenvalue weighted by atomic mass is 9.93. The van der Waals surface area contributed by atoms with Crippen molar-refractivity contribution < 1.29 is 9.59 Å². The maximum Gasteiger partial charge on any atom is 0.253 e. The average molecular weight is 370 g/mol. The fraction of sp³-hybridized carbons (Fsp3) is 0.667. The third-order valence-corrected chi connectivity index (χ3v) is 6.50. The number of amides is 2. The van der Waals surface area contributed by atoms with Crippen molar-refractivity contribution in [2.24, 2.45) is 5.41 Å². The van der Waals surface area contributed by atoms with Crippen molar-refractivity contribution in [1.29, 1.82) is 0 Å². The molecule has 6 nitrogen and oxygen atoms in total. The number of likely N-dealkylation sites (tertiary alicyclic amines) is 1. The quantitative estimate of drug-likeness (QED) is 0.885. The Labute approximate surface area is 161 Å². The second-order valence-electron chi connectivity index (χ2n) is 8.47. The van der Waals surface area contributed by atoms with Gasteiger partial charge in [-0.05, 0) is 69.4 Å². The van der Waals surface area contributed by atoms with Crippen molar-refractivity contribution in [3.63, 3.8) is 0 Å². The molecule has 1 aromatic heterocycles. The number of piperidine rings is 2. The first kappa shape index (κ1) is 18.3. The predicted molar refractivity (Wildman–Crippen MR) is 105 cm³/mol. The summed E-state index contributed by atoms with van der Waals surface area (Å²) in [5.74, 6) is 0.721. The van der Waals surface area contributed by atoms with E-state index in [-0.39, 0.29) is 11.8 Å². The summed E-state index contributed by atoms with van der Waals surface area (Å²) in [6, 6.07) is 3.21. The van der Waals surface area contributed by atoms with Gasteiger partial charge in [0.05, 0.1) is 5.56 Å². The van der Waals surface area contributed by atoms with Gasteiger partial charge in [0.15, 0.2) is 0 Å². The van der Waals surface area contributed by atoms with Crippen LogP contribution in [0.1, 0.15) is 62.2 Å². The fourth-order valence-electron chi connectivity index (χ4n) is 4.32. The van der Waals surface area contributed by atoms with E-state index in [0.29, 0.717) is 11.0 Å². The molecule has 146 valence electrons. The molecule has 1 N–H and O–H groups in total. The molecular weight excluding hydrogens is 340 g/mol. The molecule has 1 aliphatic carbocycles. The van der Waals surface area contributed by atoms with Gasteiger partial charge in [-0.2, -0.15) is 0 Å². The number of hydrogen-bond donors (Lipinski definition) is 1. The van der Waals surface area contributed by atoms with E-state index in [1.807, 2.05) is 11.0 Å². The predicted octanol–water partition coefficient (Wildman–Crippen LogP) is 2.59. The van der Waals surface area contributed by atoms with Crippen LogP contribution in [-0.2, 0) is 4.79 Å². The number of carbonyl (C=O) groups is 2. The lowest BCUT2D eigenvalue weighted by Gasteiger charge is -2.33. The molecule has 2 aliphatic heterocycles. The average Bonchev–Trinajstić information content (AvgIpc) is 3.47. The van der Waals surface area contributed by atoms with Gasteiger partial charge in [0.1, 0.15) is 11.9 Å². The van der Waals surface area contributed by atoms with E-state index in [4.69, 9.17) is 0 Å². The highest BCUT2D eigenvalue weighted by molar-refractivity contribution is 5.97. The largest absolute Gasteiger partial charge is 0.357 e. The van der Waals surface area contributed by atoms with Gasteiger partial charge < -0.3 is 15.1 Å². The van der Waals surface area contributed by atoms with Gasteiger partial charge in [-0.15, -0.1) is 0 Å². The highest BCUT2D eigenvalue weighted by atomic mass is 16.2. The van der Waals surface area contributed by atoms with Crippen LogP contribution in [0.15, 0.2) is 18.3 Å². The lowest BCUT2D eigenvalue weighted by molar-refractivity contribution is -0.134. The van der Waals surface area contributed by atoms with Crippen molar-refractivity contribution in [3.8, 4) is 0 Å². The van der Waals surface area contributed by atoms with E-state index in [2.05, 4.69) is 15.2 Å². The Morgan fingerprint density at radius 2 is 1.74 bits per heavy atom. The number of rotatable bonds is 4. The van der Waals surface area contributed by atoms with Crippen LogP contribution in [0.2, 0.25) is 0 Å². The first-order valence-electron chi connectivity index (χ1n) is 10.4. The molecule has 6 heteroatoms. The molecule has 2 saturated heterocycles. The van der Waals surface area contributed by atoms with E-state index in [1.165, 1.54) is 32.1 Å². The molecule has 4 rings (SSSR count). The zero-order chi connectivity index (χ0) is 18.9. The van der Waals surface area contributed by atoms with Crippen molar-refractivity contribution in [2.75, 3.05) is 31.1 Å². The maximum absolute atomic E-state index is 12.6. The summed E-state index contributed by atoms with van der Waals surface area (Å²) in [6.45, 7) is 5.48. The van der Waals surface area contributed by atoms with Gasteiger partial charge in [0, 0.05) is 32.4 Å². The van der Waals surface area contributed by atoms with E-state index < -0.39 is 6.04 Å². The standard InChI is InChI=1S/C21H30N4O2/c1-16(20(27)25-13-9-21(7-8-21)10-14-25)23-19(26)17-5-6-18(22-15-17)24-11-3-2-4-12-24/h5-6,15-16H,2-4,7-14H2,1H3,(H,23,26)/t16-/m1/s1. The summed E-state index contributed by atoms with van der Waals surface area (Å²) in [7, 11) is 0.